The summed E-state index contributed by atoms with van der Waals surface area (Å²) in [4.78, 5) is 23.2. The molecule has 0 bridgehead atoms. The van der Waals surface area contributed by atoms with Crippen molar-refractivity contribution in [3.8, 4) is 0 Å². The first-order chi connectivity index (χ1) is 9.49. The summed E-state index contributed by atoms with van der Waals surface area (Å²) in [6.07, 6.45) is 4.25. The van der Waals surface area contributed by atoms with Crippen molar-refractivity contribution in [2.24, 2.45) is 11.8 Å². The van der Waals surface area contributed by atoms with Crippen molar-refractivity contribution in [3.63, 3.8) is 0 Å². The highest BCUT2D eigenvalue weighted by molar-refractivity contribution is 6.42. The van der Waals surface area contributed by atoms with Gasteiger partial charge in [-0.2, -0.15) is 0 Å². The fraction of sp³-hybridized carbons (Fsp3) is 0.286. The van der Waals surface area contributed by atoms with Crippen LogP contribution in [0.25, 0.3) is 0 Å². The second-order valence-corrected chi connectivity index (χ2v) is 5.41. The molecule has 0 spiro atoms. The van der Waals surface area contributed by atoms with E-state index in [0.717, 1.165) is 0 Å². The Morgan fingerprint density at radius 3 is 2.35 bits per heavy atom. The molecule has 2 atom stereocenters. The van der Waals surface area contributed by atoms with Gasteiger partial charge in [-0.1, -0.05) is 35.4 Å². The predicted octanol–water partition coefficient (Wildman–Crippen LogP) is 2.26. The number of rotatable bonds is 3. The molecule has 1 aromatic carbocycles. The van der Waals surface area contributed by atoms with Crippen LogP contribution in [-0.4, -0.2) is 11.9 Å². The topological polar surface area (TPSA) is 69.2 Å². The number of carboxylic acids is 1. The van der Waals surface area contributed by atoms with Gasteiger partial charge in [-0.15, -0.1) is 0 Å². The second-order valence-electron chi connectivity index (χ2n) is 4.59. The third kappa shape index (κ3) is 3.32. The van der Waals surface area contributed by atoms with Crippen molar-refractivity contribution in [1.29, 1.82) is 0 Å². The van der Waals surface area contributed by atoms with Gasteiger partial charge in [0.25, 0.3) is 0 Å². The van der Waals surface area contributed by atoms with Gasteiger partial charge in [-0.3, -0.25) is 4.79 Å². The van der Waals surface area contributed by atoms with Crippen molar-refractivity contribution in [1.82, 2.24) is 0 Å². The first-order valence-electron chi connectivity index (χ1n) is 6.11. The van der Waals surface area contributed by atoms with Crippen molar-refractivity contribution < 1.29 is 14.7 Å². The van der Waals surface area contributed by atoms with Crippen LogP contribution in [0, 0.1) is 11.8 Å². The molecule has 0 unspecified atom stereocenters. The van der Waals surface area contributed by atoms with E-state index >= 15 is 0 Å². The standard InChI is InChI=1S/C14H13Cl2NO3/c15-11-6-5-8(7-12(11)16)17-13(18)9-3-1-2-4-10(9)14(19)20/h1-2,5-7,9-10H,3-4H2,(H,17,18)(H,19,20)/p-1/t9-,10-/m1/s1. The fourth-order valence-electron chi connectivity index (χ4n) is 2.17. The lowest BCUT2D eigenvalue weighted by atomic mass is 9.82. The van der Waals surface area contributed by atoms with Crippen LogP contribution in [0.15, 0.2) is 30.4 Å². The van der Waals surface area contributed by atoms with Crippen LogP contribution in [0.3, 0.4) is 0 Å². The van der Waals surface area contributed by atoms with Crippen molar-refractivity contribution in [3.05, 3.63) is 40.4 Å². The Kier molecular flexibility index (Phi) is 4.68. The maximum absolute atomic E-state index is 12.2. The van der Waals surface area contributed by atoms with E-state index in [-0.39, 0.29) is 5.91 Å². The van der Waals surface area contributed by atoms with E-state index in [1.807, 2.05) is 0 Å². The summed E-state index contributed by atoms with van der Waals surface area (Å²) < 4.78 is 0. The zero-order chi connectivity index (χ0) is 14.7. The molecule has 0 saturated carbocycles. The van der Waals surface area contributed by atoms with Crippen molar-refractivity contribution in [2.75, 3.05) is 5.32 Å². The highest BCUT2D eigenvalue weighted by Gasteiger charge is 2.29. The molecule has 6 heteroatoms. The summed E-state index contributed by atoms with van der Waals surface area (Å²) in [5.41, 5.74) is 0.482. The number of hydrogen-bond acceptors (Lipinski definition) is 3. The highest BCUT2D eigenvalue weighted by Crippen LogP contribution is 2.28. The summed E-state index contributed by atoms with van der Waals surface area (Å²) in [6.45, 7) is 0. The summed E-state index contributed by atoms with van der Waals surface area (Å²) in [7, 11) is 0. The molecule has 106 valence electrons. The Morgan fingerprint density at radius 2 is 1.75 bits per heavy atom. The van der Waals surface area contributed by atoms with E-state index in [2.05, 4.69) is 5.32 Å². The van der Waals surface area contributed by atoms with E-state index in [1.165, 1.54) is 6.07 Å². The third-order valence-electron chi connectivity index (χ3n) is 3.26. The molecular weight excluding hydrogens is 301 g/mol. The van der Waals surface area contributed by atoms with Gasteiger partial charge in [0.15, 0.2) is 0 Å². The molecule has 1 N–H and O–H groups in total. The number of amides is 1. The highest BCUT2D eigenvalue weighted by atomic mass is 35.5. The van der Waals surface area contributed by atoms with Gasteiger partial charge < -0.3 is 15.2 Å². The summed E-state index contributed by atoms with van der Waals surface area (Å²) in [6, 6.07) is 4.70. The van der Waals surface area contributed by atoms with Crippen LogP contribution in [0.5, 0.6) is 0 Å². The Bertz CT molecular complexity index is 572. The van der Waals surface area contributed by atoms with E-state index in [4.69, 9.17) is 23.2 Å². The molecule has 2 rings (SSSR count). The van der Waals surface area contributed by atoms with Gasteiger partial charge >= 0.3 is 0 Å². The van der Waals surface area contributed by atoms with Gasteiger partial charge in [-0.25, -0.2) is 0 Å². The number of allylic oxidation sites excluding steroid dienone is 2. The molecule has 1 aromatic rings. The van der Waals surface area contributed by atoms with Crippen LogP contribution in [-0.2, 0) is 9.59 Å². The fourth-order valence-corrected chi connectivity index (χ4v) is 2.47. The molecule has 0 saturated heterocycles. The van der Waals surface area contributed by atoms with Crippen molar-refractivity contribution in [2.45, 2.75) is 12.8 Å². The van der Waals surface area contributed by atoms with E-state index in [1.54, 1.807) is 24.3 Å². The normalized spacial score (nSPS) is 21.5. The lowest BCUT2D eigenvalue weighted by Crippen LogP contribution is -2.41. The number of nitrogens with one attached hydrogen (secondary N) is 1. The van der Waals surface area contributed by atoms with Gasteiger partial charge in [0.05, 0.1) is 16.0 Å². The van der Waals surface area contributed by atoms with Crippen LogP contribution in [0.4, 0.5) is 5.69 Å². The predicted molar refractivity (Wildman–Crippen MR) is 75.5 cm³/mol. The number of carbonyl (C=O) groups is 2. The number of halogens is 2. The number of carboxylic acid groups (broad SMARTS) is 1. The first-order valence-corrected chi connectivity index (χ1v) is 6.86. The Balaban J connectivity index is 2.12. The molecule has 0 radical (unpaired) electrons. The summed E-state index contributed by atoms with van der Waals surface area (Å²) in [5.74, 6) is -3.01. The zero-order valence-corrected chi connectivity index (χ0v) is 11.9. The number of benzene rings is 1. The molecule has 1 aliphatic carbocycles. The SMILES string of the molecule is O=C([O-])[C@@H]1CC=CC[C@H]1C(=O)Nc1ccc(Cl)c(Cl)c1. The van der Waals surface area contributed by atoms with Crippen LogP contribution in [0.2, 0.25) is 10.0 Å². The van der Waals surface area contributed by atoms with Gasteiger partial charge in [0.1, 0.15) is 0 Å². The van der Waals surface area contributed by atoms with Crippen LogP contribution >= 0.6 is 23.2 Å². The summed E-state index contributed by atoms with van der Waals surface area (Å²) in [5, 5.41) is 14.4. The molecule has 0 aromatic heterocycles. The van der Waals surface area contributed by atoms with Gasteiger partial charge in [0, 0.05) is 17.6 Å². The first kappa shape index (κ1) is 14.9. The largest absolute Gasteiger partial charge is 0.550 e. The smallest absolute Gasteiger partial charge is 0.228 e. The average Bonchev–Trinajstić information content (AvgIpc) is 2.43. The third-order valence-corrected chi connectivity index (χ3v) is 4.00. The molecule has 1 aliphatic rings. The van der Waals surface area contributed by atoms with Crippen LogP contribution in [0.1, 0.15) is 12.8 Å². The number of hydrogen-bond donors (Lipinski definition) is 1. The quantitative estimate of drug-likeness (QED) is 0.870. The molecule has 0 aliphatic heterocycles. The lowest BCUT2D eigenvalue weighted by Gasteiger charge is -2.28. The maximum atomic E-state index is 12.2. The number of carbonyl (C=O) groups excluding carboxylic acids is 2. The minimum Gasteiger partial charge on any atom is -0.550 e. The Hall–Kier alpha value is -1.52. The lowest BCUT2D eigenvalue weighted by molar-refractivity contribution is -0.313. The number of anilines is 1. The zero-order valence-electron chi connectivity index (χ0n) is 10.4. The summed E-state index contributed by atoms with van der Waals surface area (Å²) >= 11 is 11.7. The Morgan fingerprint density at radius 1 is 1.10 bits per heavy atom. The molecule has 1 amide bonds. The van der Waals surface area contributed by atoms with Gasteiger partial charge in [0.2, 0.25) is 5.91 Å². The molecule has 0 fully saturated rings. The van der Waals surface area contributed by atoms with E-state index in [0.29, 0.717) is 28.6 Å². The minimum absolute atomic E-state index is 0.307. The maximum Gasteiger partial charge on any atom is 0.228 e. The van der Waals surface area contributed by atoms with Crippen LogP contribution < -0.4 is 10.4 Å². The van der Waals surface area contributed by atoms with E-state index in [9.17, 15) is 14.7 Å². The molecular formula is C14H12Cl2NO3-. The van der Waals surface area contributed by atoms with Gasteiger partial charge in [-0.05, 0) is 31.0 Å². The monoisotopic (exact) mass is 312 g/mol. The molecule has 0 heterocycles. The second kappa shape index (κ2) is 6.29. The molecule has 4 nitrogen and oxygen atoms in total. The average molecular weight is 313 g/mol. The van der Waals surface area contributed by atoms with Crippen molar-refractivity contribution >= 4 is 40.8 Å². The Labute approximate surface area is 126 Å². The van der Waals surface area contributed by atoms with E-state index < -0.39 is 17.8 Å². The number of aliphatic carboxylic acids is 1. The molecule has 20 heavy (non-hydrogen) atoms. The minimum atomic E-state index is -1.20.